The van der Waals surface area contributed by atoms with Gasteiger partial charge in [-0.05, 0) is 30.3 Å². The Bertz CT molecular complexity index is 602. The van der Waals surface area contributed by atoms with Gasteiger partial charge in [0.05, 0.1) is 18.2 Å². The summed E-state index contributed by atoms with van der Waals surface area (Å²) in [7, 11) is 0. The summed E-state index contributed by atoms with van der Waals surface area (Å²) in [4.78, 5) is 0. The standard InChI is InChI=1S/C13H9N3O/c14-7-10-2-1-3-11(6-10)16-9-13-5-4-12(8-15)17-13/h1-6,16H,9H2. The van der Waals surface area contributed by atoms with Crippen LogP contribution < -0.4 is 5.32 Å². The Morgan fingerprint density at radius 2 is 2.00 bits per heavy atom. The van der Waals surface area contributed by atoms with Crippen LogP contribution in [0.15, 0.2) is 40.8 Å². The summed E-state index contributed by atoms with van der Waals surface area (Å²) in [6.07, 6.45) is 0. The van der Waals surface area contributed by atoms with Gasteiger partial charge in [-0.2, -0.15) is 10.5 Å². The van der Waals surface area contributed by atoms with Gasteiger partial charge in [-0.25, -0.2) is 0 Å². The van der Waals surface area contributed by atoms with Gasteiger partial charge in [-0.1, -0.05) is 6.07 Å². The molecule has 4 heteroatoms. The molecule has 0 aliphatic heterocycles. The fourth-order valence-corrected chi connectivity index (χ4v) is 1.42. The number of rotatable bonds is 3. The topological polar surface area (TPSA) is 72.8 Å². The zero-order valence-corrected chi connectivity index (χ0v) is 8.97. The van der Waals surface area contributed by atoms with E-state index in [1.54, 1.807) is 24.3 Å². The summed E-state index contributed by atoms with van der Waals surface area (Å²) >= 11 is 0. The number of furan rings is 1. The van der Waals surface area contributed by atoms with Gasteiger partial charge in [0.1, 0.15) is 11.8 Å². The number of anilines is 1. The summed E-state index contributed by atoms with van der Waals surface area (Å²) in [5.74, 6) is 0.983. The van der Waals surface area contributed by atoms with Gasteiger partial charge >= 0.3 is 0 Å². The van der Waals surface area contributed by atoms with Crippen LogP contribution in [0.2, 0.25) is 0 Å². The van der Waals surface area contributed by atoms with E-state index in [1.165, 1.54) is 0 Å². The zero-order chi connectivity index (χ0) is 12.1. The minimum atomic E-state index is 0.299. The third kappa shape index (κ3) is 2.64. The largest absolute Gasteiger partial charge is 0.449 e. The molecule has 0 bridgehead atoms. The molecule has 2 rings (SSSR count). The Kier molecular flexibility index (Phi) is 3.09. The van der Waals surface area contributed by atoms with Gasteiger partial charge in [0.25, 0.3) is 0 Å². The van der Waals surface area contributed by atoms with E-state index in [0.29, 0.717) is 23.6 Å². The van der Waals surface area contributed by atoms with Crippen LogP contribution in [0.1, 0.15) is 17.1 Å². The molecular formula is C13H9N3O. The number of nitriles is 2. The molecule has 0 radical (unpaired) electrons. The molecule has 0 saturated carbocycles. The van der Waals surface area contributed by atoms with Crippen molar-refractivity contribution in [3.63, 3.8) is 0 Å². The van der Waals surface area contributed by atoms with Gasteiger partial charge in [0, 0.05) is 5.69 Å². The molecule has 82 valence electrons. The lowest BCUT2D eigenvalue weighted by Gasteiger charge is -2.03. The summed E-state index contributed by atoms with van der Waals surface area (Å²) < 4.78 is 5.22. The highest BCUT2D eigenvalue weighted by Gasteiger charge is 2.01. The Morgan fingerprint density at radius 1 is 1.12 bits per heavy atom. The first-order chi connectivity index (χ1) is 8.31. The molecule has 1 aromatic carbocycles. The molecule has 1 aromatic heterocycles. The lowest BCUT2D eigenvalue weighted by Crippen LogP contribution is -1.98. The van der Waals surface area contributed by atoms with E-state index in [9.17, 15) is 0 Å². The Morgan fingerprint density at radius 3 is 2.71 bits per heavy atom. The first-order valence-electron chi connectivity index (χ1n) is 5.04. The van der Waals surface area contributed by atoms with Crippen molar-refractivity contribution < 1.29 is 4.42 Å². The van der Waals surface area contributed by atoms with Crippen LogP contribution in [0.4, 0.5) is 5.69 Å². The van der Waals surface area contributed by atoms with Crippen molar-refractivity contribution in [3.05, 3.63) is 53.5 Å². The van der Waals surface area contributed by atoms with Crippen molar-refractivity contribution in [2.75, 3.05) is 5.32 Å². The number of benzene rings is 1. The number of nitrogens with zero attached hydrogens (tertiary/aromatic N) is 2. The summed E-state index contributed by atoms with van der Waals surface area (Å²) in [6.45, 7) is 0.483. The fraction of sp³-hybridized carbons (Fsp3) is 0.0769. The Balaban J connectivity index is 2.03. The SMILES string of the molecule is N#Cc1cccc(NCc2ccc(C#N)o2)c1. The third-order valence-electron chi connectivity index (χ3n) is 2.23. The summed E-state index contributed by atoms with van der Waals surface area (Å²) in [6, 6.07) is 14.6. The highest BCUT2D eigenvalue weighted by molar-refractivity contribution is 5.49. The maximum Gasteiger partial charge on any atom is 0.203 e. The van der Waals surface area contributed by atoms with Gasteiger partial charge < -0.3 is 9.73 Å². The highest BCUT2D eigenvalue weighted by Crippen LogP contribution is 2.13. The second-order valence-electron chi connectivity index (χ2n) is 3.42. The van der Waals surface area contributed by atoms with Gasteiger partial charge in [-0.3, -0.25) is 0 Å². The smallest absolute Gasteiger partial charge is 0.203 e. The maximum atomic E-state index is 8.75. The van der Waals surface area contributed by atoms with Crippen molar-refractivity contribution in [1.82, 2.24) is 0 Å². The fourth-order valence-electron chi connectivity index (χ4n) is 1.42. The lowest BCUT2D eigenvalue weighted by atomic mass is 10.2. The molecule has 1 N–H and O–H groups in total. The molecule has 0 aliphatic rings. The second kappa shape index (κ2) is 4.87. The van der Waals surface area contributed by atoms with Gasteiger partial charge in [0.15, 0.2) is 0 Å². The molecule has 2 aromatic rings. The molecule has 17 heavy (non-hydrogen) atoms. The van der Waals surface area contributed by atoms with Crippen molar-refractivity contribution in [1.29, 1.82) is 10.5 Å². The lowest BCUT2D eigenvalue weighted by molar-refractivity contribution is 0.506. The summed E-state index contributed by atoms with van der Waals surface area (Å²) in [5.41, 5.74) is 1.45. The molecule has 4 nitrogen and oxygen atoms in total. The average molecular weight is 223 g/mol. The van der Waals surface area contributed by atoms with Crippen molar-refractivity contribution >= 4 is 5.69 Å². The molecule has 0 unspecified atom stereocenters. The van der Waals surface area contributed by atoms with Crippen LogP contribution in [-0.4, -0.2) is 0 Å². The van der Waals surface area contributed by atoms with E-state index < -0.39 is 0 Å². The normalized spacial score (nSPS) is 9.29. The van der Waals surface area contributed by atoms with Crippen LogP contribution in [0.5, 0.6) is 0 Å². The van der Waals surface area contributed by atoms with Gasteiger partial charge in [-0.15, -0.1) is 0 Å². The predicted molar refractivity (Wildman–Crippen MR) is 61.9 cm³/mol. The number of hydrogen-bond acceptors (Lipinski definition) is 4. The highest BCUT2D eigenvalue weighted by atomic mass is 16.3. The Hall–Kier alpha value is -2.72. The minimum Gasteiger partial charge on any atom is -0.449 e. The van der Waals surface area contributed by atoms with Crippen LogP contribution in [0, 0.1) is 22.7 Å². The number of hydrogen-bond donors (Lipinski definition) is 1. The van der Waals surface area contributed by atoms with E-state index in [-0.39, 0.29) is 0 Å². The Labute approximate surface area is 98.7 Å². The van der Waals surface area contributed by atoms with Crippen LogP contribution in [-0.2, 0) is 6.54 Å². The third-order valence-corrected chi connectivity index (χ3v) is 2.23. The van der Waals surface area contributed by atoms with Crippen molar-refractivity contribution in [2.45, 2.75) is 6.54 Å². The van der Waals surface area contributed by atoms with Crippen LogP contribution in [0.25, 0.3) is 0 Å². The molecule has 0 saturated heterocycles. The first kappa shape index (κ1) is 10.8. The summed E-state index contributed by atoms with van der Waals surface area (Å²) in [5, 5.41) is 20.5. The average Bonchev–Trinajstić information content (AvgIpc) is 2.84. The first-order valence-corrected chi connectivity index (χ1v) is 5.04. The second-order valence-corrected chi connectivity index (χ2v) is 3.42. The van der Waals surface area contributed by atoms with E-state index in [4.69, 9.17) is 14.9 Å². The van der Waals surface area contributed by atoms with Crippen molar-refractivity contribution in [3.8, 4) is 12.1 Å². The molecule has 0 spiro atoms. The molecule has 0 atom stereocenters. The number of nitrogens with one attached hydrogen (secondary N) is 1. The minimum absolute atomic E-state index is 0.299. The van der Waals surface area contributed by atoms with E-state index in [0.717, 1.165) is 5.69 Å². The van der Waals surface area contributed by atoms with E-state index in [1.807, 2.05) is 18.2 Å². The predicted octanol–water partition coefficient (Wildman–Crippen LogP) is 2.64. The maximum absolute atomic E-state index is 8.75. The quantitative estimate of drug-likeness (QED) is 0.868. The van der Waals surface area contributed by atoms with E-state index >= 15 is 0 Å². The zero-order valence-electron chi connectivity index (χ0n) is 8.97. The molecule has 0 amide bonds. The van der Waals surface area contributed by atoms with Crippen molar-refractivity contribution in [2.24, 2.45) is 0 Å². The molecular weight excluding hydrogens is 214 g/mol. The molecule has 0 aliphatic carbocycles. The molecule has 1 heterocycles. The molecule has 0 fully saturated rings. The van der Waals surface area contributed by atoms with Crippen LogP contribution in [0.3, 0.4) is 0 Å². The monoisotopic (exact) mass is 223 g/mol. The van der Waals surface area contributed by atoms with E-state index in [2.05, 4.69) is 11.4 Å². The van der Waals surface area contributed by atoms with Crippen LogP contribution >= 0.6 is 0 Å². The van der Waals surface area contributed by atoms with Gasteiger partial charge in [0.2, 0.25) is 5.76 Å².